The molecule has 0 bridgehead atoms. The maximum Gasteiger partial charge on any atom is 0.314 e. The molecule has 6 heteroatoms. The Morgan fingerprint density at radius 2 is 1.60 bits per heavy atom. The third-order valence-corrected chi connectivity index (χ3v) is 4.57. The second-order valence-electron chi connectivity index (χ2n) is 6.52. The lowest BCUT2D eigenvalue weighted by molar-refractivity contribution is -0.120. The third kappa shape index (κ3) is 7.13. The van der Waals surface area contributed by atoms with E-state index in [1.807, 2.05) is 6.07 Å². The van der Waals surface area contributed by atoms with Gasteiger partial charge in [-0.15, -0.1) is 0 Å². The highest BCUT2D eigenvalue weighted by Gasteiger charge is 2.11. The van der Waals surface area contributed by atoms with Gasteiger partial charge in [0.1, 0.15) is 0 Å². The van der Waals surface area contributed by atoms with Gasteiger partial charge in [-0.25, -0.2) is 4.79 Å². The summed E-state index contributed by atoms with van der Waals surface area (Å²) in [7, 11) is 1.52. The Morgan fingerprint density at radius 3 is 2.28 bits per heavy atom. The van der Waals surface area contributed by atoms with Gasteiger partial charge in [0.25, 0.3) is 0 Å². The van der Waals surface area contributed by atoms with Crippen molar-refractivity contribution in [3.63, 3.8) is 0 Å². The van der Waals surface area contributed by atoms with Gasteiger partial charge in [-0.05, 0) is 37.1 Å². The van der Waals surface area contributed by atoms with Gasteiger partial charge < -0.3 is 16.0 Å². The molecule has 1 aromatic rings. The Labute approximate surface area is 150 Å². The maximum atomic E-state index is 11.9. The second kappa shape index (κ2) is 10.7. The standard InChI is InChI=1S/C19H30N4O2/c1-20-19(25)22-14-18(24)21-13-16-9-5-6-10-17(16)15-23-11-7-3-2-4-8-12-23/h5-6,9-10H,2-4,7-8,11-15H2,1H3,(H,21,24)(H2,20,22,25). The van der Waals surface area contributed by atoms with Crippen molar-refractivity contribution in [2.45, 2.75) is 45.2 Å². The molecule has 0 unspecified atom stereocenters. The molecule has 0 atom stereocenters. The molecule has 0 radical (unpaired) electrons. The van der Waals surface area contributed by atoms with Crippen LogP contribution >= 0.6 is 0 Å². The molecule has 138 valence electrons. The Balaban J connectivity index is 1.86. The number of hydrogen-bond acceptors (Lipinski definition) is 3. The lowest BCUT2D eigenvalue weighted by atomic mass is 10.0. The molecule has 1 aliphatic rings. The van der Waals surface area contributed by atoms with Gasteiger partial charge in [0.15, 0.2) is 0 Å². The van der Waals surface area contributed by atoms with E-state index in [4.69, 9.17) is 0 Å². The van der Waals surface area contributed by atoms with Crippen LogP contribution in [0.4, 0.5) is 4.79 Å². The summed E-state index contributed by atoms with van der Waals surface area (Å²) in [5, 5.41) is 7.79. The van der Waals surface area contributed by atoms with Crippen molar-refractivity contribution < 1.29 is 9.59 Å². The number of carbonyl (C=O) groups is 2. The number of rotatable bonds is 6. The normalized spacial score (nSPS) is 15.7. The zero-order valence-electron chi connectivity index (χ0n) is 15.1. The molecule has 0 spiro atoms. The lowest BCUT2D eigenvalue weighted by Gasteiger charge is -2.25. The van der Waals surface area contributed by atoms with Crippen molar-refractivity contribution >= 4 is 11.9 Å². The van der Waals surface area contributed by atoms with E-state index in [2.05, 4.69) is 39.0 Å². The number of nitrogens with one attached hydrogen (secondary N) is 3. The molecule has 2 rings (SSSR count). The SMILES string of the molecule is CNC(=O)NCC(=O)NCc1ccccc1CN1CCCCCCC1. The minimum Gasteiger partial charge on any atom is -0.350 e. The molecule has 1 saturated heterocycles. The van der Waals surface area contributed by atoms with E-state index < -0.39 is 0 Å². The van der Waals surface area contributed by atoms with E-state index in [0.29, 0.717) is 6.54 Å². The Hall–Kier alpha value is -2.08. The molecule has 25 heavy (non-hydrogen) atoms. The molecule has 1 aromatic carbocycles. The number of likely N-dealkylation sites (tertiary alicyclic amines) is 1. The van der Waals surface area contributed by atoms with E-state index >= 15 is 0 Å². The minimum absolute atomic E-state index is 0.0199. The van der Waals surface area contributed by atoms with Crippen LogP contribution < -0.4 is 16.0 Å². The Kier molecular flexibility index (Phi) is 8.25. The summed E-state index contributed by atoms with van der Waals surface area (Å²) in [6.07, 6.45) is 6.55. The van der Waals surface area contributed by atoms with Gasteiger partial charge in [0.05, 0.1) is 6.54 Å². The number of nitrogens with zero attached hydrogens (tertiary/aromatic N) is 1. The van der Waals surface area contributed by atoms with E-state index in [9.17, 15) is 9.59 Å². The van der Waals surface area contributed by atoms with Gasteiger partial charge in [0.2, 0.25) is 5.91 Å². The highest BCUT2D eigenvalue weighted by atomic mass is 16.2. The van der Waals surface area contributed by atoms with Crippen LogP contribution in [0, 0.1) is 0 Å². The quantitative estimate of drug-likeness (QED) is 0.738. The predicted octanol–water partition coefficient (Wildman–Crippen LogP) is 2.00. The molecule has 1 aliphatic heterocycles. The van der Waals surface area contributed by atoms with Crippen molar-refractivity contribution in [3.8, 4) is 0 Å². The fourth-order valence-electron chi connectivity index (χ4n) is 3.10. The summed E-state index contributed by atoms with van der Waals surface area (Å²) in [6.45, 7) is 3.70. The van der Waals surface area contributed by atoms with Crippen molar-refractivity contribution in [2.75, 3.05) is 26.7 Å². The van der Waals surface area contributed by atoms with Crippen LogP contribution in [0.25, 0.3) is 0 Å². The summed E-state index contributed by atoms with van der Waals surface area (Å²) >= 11 is 0. The highest BCUT2D eigenvalue weighted by Crippen LogP contribution is 2.16. The first-order valence-corrected chi connectivity index (χ1v) is 9.20. The summed E-state index contributed by atoms with van der Waals surface area (Å²) < 4.78 is 0. The fraction of sp³-hybridized carbons (Fsp3) is 0.579. The second-order valence-corrected chi connectivity index (χ2v) is 6.52. The van der Waals surface area contributed by atoms with Crippen LogP contribution in [0.3, 0.4) is 0 Å². The van der Waals surface area contributed by atoms with Crippen molar-refractivity contribution in [2.24, 2.45) is 0 Å². The molecule has 3 amide bonds. The molecule has 0 aliphatic carbocycles. The van der Waals surface area contributed by atoms with E-state index in [0.717, 1.165) is 25.2 Å². The zero-order valence-corrected chi connectivity index (χ0v) is 15.1. The van der Waals surface area contributed by atoms with Gasteiger partial charge in [-0.1, -0.05) is 43.5 Å². The summed E-state index contributed by atoms with van der Waals surface area (Å²) in [5.74, 6) is -0.190. The van der Waals surface area contributed by atoms with E-state index in [-0.39, 0.29) is 18.5 Å². The van der Waals surface area contributed by atoms with E-state index in [1.54, 1.807) is 0 Å². The third-order valence-electron chi connectivity index (χ3n) is 4.57. The van der Waals surface area contributed by atoms with Crippen molar-refractivity contribution in [1.82, 2.24) is 20.9 Å². The molecular formula is C19H30N4O2. The first kappa shape index (κ1) is 19.2. The van der Waals surface area contributed by atoms with Gasteiger partial charge in [0, 0.05) is 20.1 Å². The number of amides is 3. The van der Waals surface area contributed by atoms with Crippen LogP contribution in [0.5, 0.6) is 0 Å². The summed E-state index contributed by atoms with van der Waals surface area (Å²) in [6, 6.07) is 7.90. The van der Waals surface area contributed by atoms with Crippen LogP contribution in [-0.2, 0) is 17.9 Å². The molecule has 0 saturated carbocycles. The van der Waals surface area contributed by atoms with Gasteiger partial charge >= 0.3 is 6.03 Å². The molecule has 1 heterocycles. The number of carbonyl (C=O) groups excluding carboxylic acids is 2. The monoisotopic (exact) mass is 346 g/mol. The van der Waals surface area contributed by atoms with Crippen LogP contribution in [0.15, 0.2) is 24.3 Å². The molecule has 6 nitrogen and oxygen atoms in total. The first-order chi connectivity index (χ1) is 12.2. The van der Waals surface area contributed by atoms with Crippen LogP contribution in [-0.4, -0.2) is 43.5 Å². The fourth-order valence-corrected chi connectivity index (χ4v) is 3.10. The number of hydrogen-bond donors (Lipinski definition) is 3. The zero-order chi connectivity index (χ0) is 17.9. The molecular weight excluding hydrogens is 316 g/mol. The molecule has 3 N–H and O–H groups in total. The first-order valence-electron chi connectivity index (χ1n) is 9.20. The van der Waals surface area contributed by atoms with Crippen molar-refractivity contribution in [3.05, 3.63) is 35.4 Å². The average Bonchev–Trinajstić information content (AvgIpc) is 2.61. The minimum atomic E-state index is -0.354. The topological polar surface area (TPSA) is 73.5 Å². The van der Waals surface area contributed by atoms with Crippen LogP contribution in [0.1, 0.15) is 43.2 Å². The van der Waals surface area contributed by atoms with E-state index in [1.165, 1.54) is 44.7 Å². The lowest BCUT2D eigenvalue weighted by Crippen LogP contribution is -2.40. The van der Waals surface area contributed by atoms with Crippen LogP contribution in [0.2, 0.25) is 0 Å². The average molecular weight is 346 g/mol. The molecule has 1 fully saturated rings. The summed E-state index contributed by atoms with van der Waals surface area (Å²) in [5.41, 5.74) is 2.40. The smallest absolute Gasteiger partial charge is 0.314 e. The Morgan fingerprint density at radius 1 is 0.960 bits per heavy atom. The maximum absolute atomic E-state index is 11.9. The summed E-state index contributed by atoms with van der Waals surface area (Å²) in [4.78, 5) is 25.5. The van der Waals surface area contributed by atoms with Gasteiger partial charge in [-0.2, -0.15) is 0 Å². The Bertz CT molecular complexity index is 554. The number of benzene rings is 1. The highest BCUT2D eigenvalue weighted by molar-refractivity contribution is 5.83. The van der Waals surface area contributed by atoms with Crippen molar-refractivity contribution in [1.29, 1.82) is 0 Å². The predicted molar refractivity (Wildman–Crippen MR) is 99.1 cm³/mol. The largest absolute Gasteiger partial charge is 0.350 e. The number of urea groups is 1. The van der Waals surface area contributed by atoms with Gasteiger partial charge in [-0.3, -0.25) is 9.69 Å². The molecule has 0 aromatic heterocycles.